The first-order valence-electron chi connectivity index (χ1n) is 0.707. The summed E-state index contributed by atoms with van der Waals surface area (Å²) >= 11 is 0. The van der Waals surface area contributed by atoms with Gasteiger partial charge in [0.1, 0.15) is 0 Å². The van der Waals surface area contributed by atoms with E-state index in [2.05, 4.69) is 0 Å². The van der Waals surface area contributed by atoms with Gasteiger partial charge < -0.3 is 15.1 Å². The van der Waals surface area contributed by atoms with Crippen molar-refractivity contribution in [2.75, 3.05) is 0 Å². The Balaban J connectivity index is -0.0000000450. The molecular formula is AlBO3Zr+4. The zero-order valence-corrected chi connectivity index (χ0v) is 6.49. The van der Waals surface area contributed by atoms with Gasteiger partial charge in [-0.2, -0.15) is 0 Å². The van der Waals surface area contributed by atoms with Crippen molar-refractivity contribution in [3.63, 3.8) is 0 Å². The molecule has 0 aliphatic rings. The fourth-order valence-electron chi connectivity index (χ4n) is 0. The van der Waals surface area contributed by atoms with E-state index in [1.807, 2.05) is 0 Å². The van der Waals surface area contributed by atoms with E-state index in [9.17, 15) is 0 Å². The molecule has 0 aromatic carbocycles. The van der Waals surface area contributed by atoms with Crippen molar-refractivity contribution >= 4 is 24.7 Å². The van der Waals surface area contributed by atoms with Crippen LogP contribution < -0.4 is 15.1 Å². The van der Waals surface area contributed by atoms with Gasteiger partial charge in [-0.25, -0.2) is 0 Å². The Morgan fingerprint density at radius 2 is 1.00 bits per heavy atom. The Bertz CT molecular complexity index is 15.5. The van der Waals surface area contributed by atoms with E-state index in [0.717, 1.165) is 0 Å². The van der Waals surface area contributed by atoms with Gasteiger partial charge in [0.15, 0.2) is 0 Å². The molecule has 0 unspecified atom stereocenters. The Morgan fingerprint density at radius 3 is 1.00 bits per heavy atom. The van der Waals surface area contributed by atoms with Gasteiger partial charge in [-0.15, -0.1) is 0 Å². The maximum Gasteiger partial charge on any atom is 4.00 e. The van der Waals surface area contributed by atoms with Gasteiger partial charge >= 0.3 is 43.6 Å². The van der Waals surface area contributed by atoms with E-state index in [0.29, 0.717) is 0 Å². The summed E-state index contributed by atoms with van der Waals surface area (Å²) in [7, 11) is -2.92. The van der Waals surface area contributed by atoms with Crippen molar-refractivity contribution in [1.82, 2.24) is 0 Å². The van der Waals surface area contributed by atoms with E-state index < -0.39 is 7.32 Å². The second-order valence-electron chi connectivity index (χ2n) is 0.289. The van der Waals surface area contributed by atoms with Gasteiger partial charge in [-0.1, -0.05) is 0 Å². The second kappa shape index (κ2) is 9.61. The van der Waals surface area contributed by atoms with Crippen LogP contribution in [0, 0.1) is 0 Å². The van der Waals surface area contributed by atoms with Crippen LogP contribution in [-0.2, 0) is 26.2 Å². The average Bonchev–Trinajstić information content (AvgIpc) is 0.811. The standard InChI is InChI=1S/Al.BO3.Zr/c;2-1(3)4;/q+3;-3;+4. The van der Waals surface area contributed by atoms with E-state index in [1.165, 1.54) is 0 Å². The Labute approximate surface area is 65.8 Å². The summed E-state index contributed by atoms with van der Waals surface area (Å²) in [5.74, 6) is 0. The molecular weight excluding hydrogens is 177 g/mol. The molecule has 6 heteroatoms. The van der Waals surface area contributed by atoms with E-state index in [4.69, 9.17) is 15.1 Å². The Kier molecular flexibility index (Phi) is 25.1. The molecule has 0 bridgehead atoms. The quantitative estimate of drug-likeness (QED) is 0.351. The molecule has 0 aliphatic heterocycles. The summed E-state index contributed by atoms with van der Waals surface area (Å²) in [6.45, 7) is 0. The zero-order valence-electron chi connectivity index (χ0n) is 2.88. The molecule has 0 saturated carbocycles. The molecule has 6 heavy (non-hydrogen) atoms. The Hall–Kier alpha value is 1.36. The summed E-state index contributed by atoms with van der Waals surface area (Å²) < 4.78 is 0. The van der Waals surface area contributed by atoms with Crippen molar-refractivity contribution < 1.29 is 41.3 Å². The van der Waals surface area contributed by atoms with E-state index in [-0.39, 0.29) is 43.6 Å². The van der Waals surface area contributed by atoms with Crippen molar-refractivity contribution in [2.24, 2.45) is 0 Å². The van der Waals surface area contributed by atoms with Crippen LogP contribution in [0.4, 0.5) is 0 Å². The molecule has 0 heterocycles. The van der Waals surface area contributed by atoms with Crippen LogP contribution in [0.1, 0.15) is 0 Å². The summed E-state index contributed by atoms with van der Waals surface area (Å²) in [6, 6.07) is 0. The maximum absolute atomic E-state index is 8.42. The largest absolute Gasteiger partial charge is 4.00 e. The maximum atomic E-state index is 8.42. The monoisotopic (exact) mass is 176 g/mol. The third-order valence-corrected chi connectivity index (χ3v) is 0. The summed E-state index contributed by atoms with van der Waals surface area (Å²) in [6.07, 6.45) is 0. The molecule has 0 aromatic heterocycles. The fourth-order valence-corrected chi connectivity index (χ4v) is 0. The Morgan fingerprint density at radius 1 is 1.00 bits per heavy atom. The SMILES string of the molecule is [Al+3].[O-]B([O-])[O-].[Zr+4]. The number of hydrogen-bond acceptors (Lipinski definition) is 3. The van der Waals surface area contributed by atoms with Gasteiger partial charge in [-0.05, 0) is 0 Å². The second-order valence-corrected chi connectivity index (χ2v) is 0.289. The predicted molar refractivity (Wildman–Crippen MR) is 11.5 cm³/mol. The summed E-state index contributed by atoms with van der Waals surface area (Å²) in [5, 5.41) is 25.2. The third-order valence-electron chi connectivity index (χ3n) is 0. The van der Waals surface area contributed by atoms with Crippen LogP contribution >= 0.6 is 0 Å². The summed E-state index contributed by atoms with van der Waals surface area (Å²) in [5.41, 5.74) is 0. The molecule has 0 fully saturated rings. The molecule has 0 amide bonds. The normalized spacial score (nSPS) is 4.50. The molecule has 0 rings (SSSR count). The van der Waals surface area contributed by atoms with Gasteiger partial charge in [0, 0.05) is 0 Å². The van der Waals surface area contributed by atoms with Gasteiger partial charge in [0.2, 0.25) is 0 Å². The smallest absolute Gasteiger partial charge is 0.907 e. The topological polar surface area (TPSA) is 69.2 Å². The van der Waals surface area contributed by atoms with Crippen LogP contribution in [0.5, 0.6) is 0 Å². The molecule has 0 aromatic rings. The van der Waals surface area contributed by atoms with Crippen molar-refractivity contribution in [2.45, 2.75) is 0 Å². The van der Waals surface area contributed by atoms with Crippen LogP contribution in [0.3, 0.4) is 0 Å². The van der Waals surface area contributed by atoms with Gasteiger partial charge in [0.25, 0.3) is 0 Å². The summed E-state index contributed by atoms with van der Waals surface area (Å²) in [4.78, 5) is 0. The zero-order chi connectivity index (χ0) is 3.58. The number of rotatable bonds is 0. The van der Waals surface area contributed by atoms with Crippen LogP contribution in [0.15, 0.2) is 0 Å². The van der Waals surface area contributed by atoms with E-state index in [1.54, 1.807) is 0 Å². The van der Waals surface area contributed by atoms with Gasteiger partial charge in [0.05, 0.1) is 0 Å². The van der Waals surface area contributed by atoms with Gasteiger partial charge in [-0.3, -0.25) is 7.32 Å². The van der Waals surface area contributed by atoms with Crippen molar-refractivity contribution in [3.05, 3.63) is 0 Å². The molecule has 0 N–H and O–H groups in total. The molecule has 0 atom stereocenters. The van der Waals surface area contributed by atoms with Crippen molar-refractivity contribution in [3.8, 4) is 0 Å². The molecule has 0 spiro atoms. The first-order chi connectivity index (χ1) is 1.73. The van der Waals surface area contributed by atoms with Crippen LogP contribution in [0.25, 0.3) is 0 Å². The minimum atomic E-state index is -2.92. The van der Waals surface area contributed by atoms with E-state index >= 15 is 0 Å². The average molecular weight is 177 g/mol. The number of hydrogen-bond donors (Lipinski definition) is 0. The molecule has 3 nitrogen and oxygen atoms in total. The minimum Gasteiger partial charge on any atom is -0.907 e. The first-order valence-corrected chi connectivity index (χ1v) is 0.707. The molecule has 24 valence electrons. The van der Waals surface area contributed by atoms with Crippen LogP contribution in [-0.4, -0.2) is 24.7 Å². The first kappa shape index (κ1) is 15.7. The van der Waals surface area contributed by atoms with Crippen LogP contribution in [0.2, 0.25) is 0 Å². The molecule has 0 radical (unpaired) electrons. The predicted octanol–water partition coefficient (Wildman–Crippen LogP) is -4.33. The minimum absolute atomic E-state index is 0. The third kappa shape index (κ3) is 55.1. The molecule has 0 saturated heterocycles. The fraction of sp³-hybridized carbons (Fsp3) is 0. The van der Waals surface area contributed by atoms with Crippen molar-refractivity contribution in [1.29, 1.82) is 0 Å². The molecule has 0 aliphatic carbocycles.